The van der Waals surface area contributed by atoms with E-state index < -0.39 is 6.09 Å². The fraction of sp³-hybridized carbons (Fsp3) is 0.222. The molecule has 138 valence electrons. The number of carbonyl (C=O) groups is 2. The van der Waals surface area contributed by atoms with E-state index in [1.54, 1.807) is 43.3 Å². The second kappa shape index (κ2) is 8.96. The summed E-state index contributed by atoms with van der Waals surface area (Å²) in [5, 5.41) is 5.67. The largest absolute Gasteiger partial charge is 0.495 e. The molecule has 0 aliphatic heterocycles. The Hall–Kier alpha value is -2.93. The zero-order valence-corrected chi connectivity index (χ0v) is 15.3. The number of carbonyl (C=O) groups excluding carboxylic acids is 2. The van der Waals surface area contributed by atoms with Crippen LogP contribution in [0.15, 0.2) is 36.4 Å². The highest BCUT2D eigenvalue weighted by Gasteiger charge is 2.14. The van der Waals surface area contributed by atoms with Gasteiger partial charge in [-0.2, -0.15) is 0 Å². The van der Waals surface area contributed by atoms with E-state index in [-0.39, 0.29) is 12.5 Å². The Morgan fingerprint density at radius 1 is 1.00 bits per heavy atom. The summed E-state index contributed by atoms with van der Waals surface area (Å²) in [5.41, 5.74) is 1.34. The molecule has 0 radical (unpaired) electrons. The van der Waals surface area contributed by atoms with E-state index in [0.29, 0.717) is 33.5 Å². The number of anilines is 2. The summed E-state index contributed by atoms with van der Waals surface area (Å²) in [7, 11) is 2.96. The predicted molar refractivity (Wildman–Crippen MR) is 99.6 cm³/mol. The quantitative estimate of drug-likeness (QED) is 0.787. The Kier molecular flexibility index (Phi) is 6.68. The molecule has 0 fully saturated rings. The molecule has 7 nitrogen and oxygen atoms in total. The zero-order valence-electron chi connectivity index (χ0n) is 14.6. The van der Waals surface area contributed by atoms with Gasteiger partial charge in [-0.1, -0.05) is 11.6 Å². The third-order valence-corrected chi connectivity index (χ3v) is 3.69. The summed E-state index contributed by atoms with van der Waals surface area (Å²) in [6.45, 7) is 1.99. The van der Waals surface area contributed by atoms with Gasteiger partial charge in [0.1, 0.15) is 11.5 Å². The number of hydrogen-bond acceptors (Lipinski definition) is 5. The Bertz CT molecular complexity index is 793. The monoisotopic (exact) mass is 378 g/mol. The molecular weight excluding hydrogens is 360 g/mol. The summed E-state index contributed by atoms with van der Waals surface area (Å²) < 4.78 is 15.2. The van der Waals surface area contributed by atoms with Crippen molar-refractivity contribution in [3.8, 4) is 11.5 Å². The molecule has 0 unspecified atom stereocenters. The van der Waals surface area contributed by atoms with Crippen molar-refractivity contribution < 1.29 is 23.8 Å². The van der Waals surface area contributed by atoms with Crippen LogP contribution < -0.4 is 20.1 Å². The van der Waals surface area contributed by atoms with Gasteiger partial charge in [0.15, 0.2) is 0 Å². The van der Waals surface area contributed by atoms with Gasteiger partial charge in [-0.3, -0.25) is 10.1 Å². The van der Waals surface area contributed by atoms with Gasteiger partial charge < -0.3 is 19.5 Å². The Morgan fingerprint density at radius 2 is 1.65 bits per heavy atom. The van der Waals surface area contributed by atoms with Crippen molar-refractivity contribution in [2.24, 2.45) is 0 Å². The summed E-state index contributed by atoms with van der Waals surface area (Å²) in [6.07, 6.45) is -0.553. The molecule has 0 saturated carbocycles. The Morgan fingerprint density at radius 3 is 2.23 bits per heavy atom. The molecule has 0 heterocycles. The van der Waals surface area contributed by atoms with Crippen LogP contribution in [0, 0.1) is 0 Å². The first-order valence-electron chi connectivity index (χ1n) is 7.75. The van der Waals surface area contributed by atoms with Gasteiger partial charge in [-0.05, 0) is 31.2 Å². The third-order valence-electron chi connectivity index (χ3n) is 3.39. The molecule has 2 aromatic rings. The highest BCUT2D eigenvalue weighted by Crippen LogP contribution is 2.36. The third kappa shape index (κ3) is 4.80. The van der Waals surface area contributed by atoms with Crippen LogP contribution in [-0.2, 0) is 4.74 Å². The first kappa shape index (κ1) is 19.4. The molecule has 8 heteroatoms. The number of benzene rings is 2. The normalized spacial score (nSPS) is 10.0. The molecule has 0 aliphatic rings. The van der Waals surface area contributed by atoms with Gasteiger partial charge in [0, 0.05) is 23.4 Å². The van der Waals surface area contributed by atoms with Crippen LogP contribution in [0.1, 0.15) is 17.3 Å². The van der Waals surface area contributed by atoms with Gasteiger partial charge in [-0.15, -0.1) is 0 Å². The number of amides is 2. The van der Waals surface area contributed by atoms with Crippen LogP contribution in [-0.4, -0.2) is 32.8 Å². The van der Waals surface area contributed by atoms with E-state index in [2.05, 4.69) is 10.6 Å². The highest BCUT2D eigenvalue weighted by atomic mass is 35.5. The van der Waals surface area contributed by atoms with Crippen molar-refractivity contribution >= 4 is 35.0 Å². The fourth-order valence-electron chi connectivity index (χ4n) is 2.14. The zero-order chi connectivity index (χ0) is 19.1. The summed E-state index contributed by atoms with van der Waals surface area (Å²) in [4.78, 5) is 23.8. The molecule has 2 N–H and O–H groups in total. The van der Waals surface area contributed by atoms with E-state index in [0.717, 1.165) is 0 Å². The lowest BCUT2D eigenvalue weighted by atomic mass is 10.2. The van der Waals surface area contributed by atoms with Gasteiger partial charge in [0.05, 0.1) is 31.5 Å². The minimum atomic E-state index is -0.553. The number of ether oxygens (including phenoxy) is 3. The second-order valence-corrected chi connectivity index (χ2v) is 5.47. The van der Waals surface area contributed by atoms with Gasteiger partial charge in [0.2, 0.25) is 0 Å². The molecule has 0 bridgehead atoms. The van der Waals surface area contributed by atoms with Crippen LogP contribution >= 0.6 is 11.6 Å². The maximum absolute atomic E-state index is 12.5. The predicted octanol–water partition coefficient (Wildman–Crippen LogP) is 4.18. The lowest BCUT2D eigenvalue weighted by molar-refractivity contribution is 0.102. The Labute approximate surface area is 156 Å². The number of nitrogens with one attached hydrogen (secondary N) is 2. The van der Waals surface area contributed by atoms with Crippen LogP contribution in [0.4, 0.5) is 16.2 Å². The van der Waals surface area contributed by atoms with Gasteiger partial charge in [-0.25, -0.2) is 4.79 Å². The van der Waals surface area contributed by atoms with Crippen molar-refractivity contribution in [3.63, 3.8) is 0 Å². The van der Waals surface area contributed by atoms with E-state index >= 15 is 0 Å². The first-order valence-corrected chi connectivity index (χ1v) is 8.13. The van der Waals surface area contributed by atoms with E-state index in [1.165, 1.54) is 14.2 Å². The van der Waals surface area contributed by atoms with Gasteiger partial charge in [0.25, 0.3) is 5.91 Å². The summed E-state index contributed by atoms with van der Waals surface area (Å²) in [5.74, 6) is 0.469. The fourth-order valence-corrected chi connectivity index (χ4v) is 2.37. The number of hydrogen-bond donors (Lipinski definition) is 2. The minimum absolute atomic E-state index is 0.276. The molecular formula is C18H19ClN2O5. The van der Waals surface area contributed by atoms with Crippen molar-refractivity contribution in [1.29, 1.82) is 0 Å². The molecule has 2 aromatic carbocycles. The molecule has 0 saturated heterocycles. The molecule has 2 amide bonds. The maximum atomic E-state index is 12.5. The smallest absolute Gasteiger partial charge is 0.411 e. The molecule has 0 spiro atoms. The Balaban J connectivity index is 2.14. The molecule has 2 rings (SSSR count). The van der Waals surface area contributed by atoms with Crippen LogP contribution in [0.2, 0.25) is 5.02 Å². The molecule has 0 atom stereocenters. The molecule has 0 aliphatic carbocycles. The van der Waals surface area contributed by atoms with Crippen molar-refractivity contribution in [2.45, 2.75) is 6.92 Å². The minimum Gasteiger partial charge on any atom is -0.495 e. The number of rotatable bonds is 6. The SMILES string of the molecule is CCOC(=O)Nc1ccc(C(=O)Nc2cc(OC)c(Cl)cc2OC)cc1. The molecule has 0 aromatic heterocycles. The molecule has 26 heavy (non-hydrogen) atoms. The van der Waals surface area contributed by atoms with Crippen molar-refractivity contribution in [3.05, 3.63) is 47.0 Å². The van der Waals surface area contributed by atoms with Crippen molar-refractivity contribution in [2.75, 3.05) is 31.5 Å². The highest BCUT2D eigenvalue weighted by molar-refractivity contribution is 6.32. The van der Waals surface area contributed by atoms with E-state index in [1.807, 2.05) is 0 Å². The summed E-state index contributed by atoms with van der Waals surface area (Å²) in [6, 6.07) is 9.50. The standard InChI is InChI=1S/C18H19ClN2O5/c1-4-26-18(23)20-12-7-5-11(6-8-12)17(22)21-14-10-15(24-2)13(19)9-16(14)25-3/h5-10H,4H2,1-3H3,(H,20,23)(H,21,22). The second-order valence-electron chi connectivity index (χ2n) is 5.06. The van der Waals surface area contributed by atoms with E-state index in [4.69, 9.17) is 25.8 Å². The van der Waals surface area contributed by atoms with Crippen LogP contribution in [0.5, 0.6) is 11.5 Å². The van der Waals surface area contributed by atoms with Gasteiger partial charge >= 0.3 is 6.09 Å². The first-order chi connectivity index (χ1) is 12.5. The number of halogens is 1. The lowest BCUT2D eigenvalue weighted by Gasteiger charge is -2.13. The maximum Gasteiger partial charge on any atom is 0.411 e. The lowest BCUT2D eigenvalue weighted by Crippen LogP contribution is -2.14. The van der Waals surface area contributed by atoms with E-state index in [9.17, 15) is 9.59 Å². The average Bonchev–Trinajstić information content (AvgIpc) is 2.63. The van der Waals surface area contributed by atoms with Crippen LogP contribution in [0.3, 0.4) is 0 Å². The summed E-state index contributed by atoms with van der Waals surface area (Å²) >= 11 is 6.05. The van der Waals surface area contributed by atoms with Crippen molar-refractivity contribution in [1.82, 2.24) is 0 Å². The van der Waals surface area contributed by atoms with Crippen LogP contribution in [0.25, 0.3) is 0 Å². The average molecular weight is 379 g/mol. The topological polar surface area (TPSA) is 85.9 Å². The number of methoxy groups -OCH3 is 2.